The zero-order valence-corrected chi connectivity index (χ0v) is 29.7. The molecule has 4 rings (SSSR count). The standard InChI is InChI=1S/C36H50BrN3O7/c1-8-11-17-27(42)38-23(7)30(24-15-13-12-14-16-24)46-35(45)28-29-33(43)40(26(20-41)22(6)10-3)32(34(44)39(18-9-2)21(4)5)36(29)19-25(37)31(28)47-36/h8-9,12-16,21-23,25-26,28-32,41H,1-2,10-11,17-20H2,3-7H3,(H,38,42)/t22-,23-,25?,26-,28-,29+,30-,31-,32-,36+/m0/s1. The second kappa shape index (κ2) is 15.5. The van der Waals surface area contributed by atoms with Crippen LogP contribution >= 0.6 is 15.9 Å². The van der Waals surface area contributed by atoms with Gasteiger partial charge in [-0.15, -0.1) is 13.2 Å². The lowest BCUT2D eigenvalue weighted by Crippen LogP contribution is -2.60. The quantitative estimate of drug-likeness (QED) is 0.148. The molecule has 10 atom stereocenters. The largest absolute Gasteiger partial charge is 0.455 e. The fourth-order valence-corrected chi connectivity index (χ4v) is 8.52. The highest BCUT2D eigenvalue weighted by molar-refractivity contribution is 9.09. The van der Waals surface area contributed by atoms with Crippen LogP contribution in [-0.2, 0) is 28.7 Å². The number of aliphatic hydroxyl groups is 1. The summed E-state index contributed by atoms with van der Waals surface area (Å²) in [5, 5.41) is 13.6. The smallest absolute Gasteiger partial charge is 0.313 e. The van der Waals surface area contributed by atoms with Crippen molar-refractivity contribution in [2.45, 2.75) is 107 Å². The Balaban J connectivity index is 1.75. The minimum absolute atomic E-state index is 0.128. The van der Waals surface area contributed by atoms with Gasteiger partial charge in [0.15, 0.2) is 0 Å². The highest BCUT2D eigenvalue weighted by atomic mass is 79.9. The van der Waals surface area contributed by atoms with Crippen molar-refractivity contribution in [3.63, 3.8) is 0 Å². The lowest BCUT2D eigenvalue weighted by molar-refractivity contribution is -0.163. The number of nitrogens with one attached hydrogen (secondary N) is 1. The van der Waals surface area contributed by atoms with Crippen LogP contribution in [0.25, 0.3) is 0 Å². The molecule has 0 aliphatic carbocycles. The van der Waals surface area contributed by atoms with E-state index in [4.69, 9.17) is 9.47 Å². The molecule has 3 aliphatic heterocycles. The molecule has 1 spiro atoms. The molecule has 0 aromatic heterocycles. The van der Waals surface area contributed by atoms with Crippen LogP contribution in [0.4, 0.5) is 0 Å². The third kappa shape index (κ3) is 6.94. The number of ether oxygens (including phenoxy) is 2. The molecule has 1 aromatic carbocycles. The Bertz CT molecular complexity index is 1320. The summed E-state index contributed by atoms with van der Waals surface area (Å²) < 4.78 is 12.9. The summed E-state index contributed by atoms with van der Waals surface area (Å²) in [5.41, 5.74) is -0.619. The number of carbonyl (C=O) groups is 4. The second-order valence-electron chi connectivity index (χ2n) is 13.4. The number of esters is 1. The lowest BCUT2D eigenvalue weighted by Gasteiger charge is -2.41. The number of rotatable bonds is 16. The Morgan fingerprint density at radius 3 is 2.45 bits per heavy atom. The number of nitrogens with zero attached hydrogens (tertiary/aromatic N) is 2. The van der Waals surface area contributed by atoms with Gasteiger partial charge < -0.3 is 29.7 Å². The van der Waals surface area contributed by atoms with E-state index in [0.29, 0.717) is 24.8 Å². The van der Waals surface area contributed by atoms with Crippen LogP contribution in [0.1, 0.15) is 72.0 Å². The van der Waals surface area contributed by atoms with Gasteiger partial charge in [0.1, 0.15) is 17.7 Å². The van der Waals surface area contributed by atoms with E-state index in [1.807, 2.05) is 58.0 Å². The van der Waals surface area contributed by atoms with Gasteiger partial charge in [0.2, 0.25) is 17.7 Å². The van der Waals surface area contributed by atoms with Crippen LogP contribution in [0.15, 0.2) is 55.6 Å². The molecule has 3 fully saturated rings. The van der Waals surface area contributed by atoms with Gasteiger partial charge in [-0.05, 0) is 45.1 Å². The first-order valence-corrected chi connectivity index (χ1v) is 17.6. The van der Waals surface area contributed by atoms with Gasteiger partial charge in [-0.2, -0.15) is 0 Å². The zero-order valence-electron chi connectivity index (χ0n) is 28.1. The predicted molar refractivity (Wildman–Crippen MR) is 182 cm³/mol. The van der Waals surface area contributed by atoms with Crippen LogP contribution in [-0.4, -0.2) is 92.4 Å². The van der Waals surface area contributed by atoms with E-state index in [1.54, 1.807) is 24.0 Å². The van der Waals surface area contributed by atoms with Crippen molar-refractivity contribution < 1.29 is 33.8 Å². The molecule has 1 unspecified atom stereocenters. The average Bonchev–Trinajstić information content (AvgIpc) is 3.64. The maximum atomic E-state index is 14.7. The van der Waals surface area contributed by atoms with Gasteiger partial charge >= 0.3 is 5.97 Å². The summed E-state index contributed by atoms with van der Waals surface area (Å²) >= 11 is 3.72. The van der Waals surface area contributed by atoms with Crippen LogP contribution in [0.3, 0.4) is 0 Å². The minimum Gasteiger partial charge on any atom is -0.455 e. The molecule has 258 valence electrons. The van der Waals surface area contributed by atoms with E-state index in [0.717, 1.165) is 0 Å². The van der Waals surface area contributed by atoms with Gasteiger partial charge in [0.25, 0.3) is 0 Å². The van der Waals surface area contributed by atoms with E-state index in [-0.39, 0.29) is 48.2 Å². The number of benzene rings is 1. The predicted octanol–water partition coefficient (Wildman–Crippen LogP) is 4.32. The highest BCUT2D eigenvalue weighted by Crippen LogP contribution is 2.61. The van der Waals surface area contributed by atoms with Crippen LogP contribution < -0.4 is 5.32 Å². The number of likely N-dealkylation sites (tertiary alicyclic amines) is 1. The molecular formula is C36H50BrN3O7. The molecule has 10 nitrogen and oxygen atoms in total. The van der Waals surface area contributed by atoms with Crippen molar-refractivity contribution >= 4 is 39.6 Å². The van der Waals surface area contributed by atoms with Crippen LogP contribution in [0.5, 0.6) is 0 Å². The van der Waals surface area contributed by atoms with Crippen molar-refractivity contribution in [3.05, 3.63) is 61.2 Å². The SMILES string of the molecule is C=CCCC(=O)N[C@@H](C)[C@H](OC(=O)[C@@H]1[C@H]2O[C@@]3(CC2Br)[C@H](C(=O)N(CC=C)C(C)C)N([C@@H](CO)[C@@H](C)CC)C(=O)[C@@H]13)c1ccccc1. The Morgan fingerprint density at radius 1 is 1.19 bits per heavy atom. The summed E-state index contributed by atoms with van der Waals surface area (Å²) in [7, 11) is 0. The van der Waals surface area contributed by atoms with Crippen molar-refractivity contribution in [2.24, 2.45) is 17.8 Å². The molecule has 2 N–H and O–H groups in total. The molecule has 3 heterocycles. The Hall–Kier alpha value is -3.02. The molecule has 2 bridgehead atoms. The van der Waals surface area contributed by atoms with Crippen molar-refractivity contribution in [3.8, 4) is 0 Å². The summed E-state index contributed by atoms with van der Waals surface area (Å²) in [6.07, 6.45) is 3.51. The molecule has 3 aliphatic rings. The van der Waals surface area contributed by atoms with Crippen LogP contribution in [0, 0.1) is 17.8 Å². The number of aliphatic hydroxyl groups excluding tert-OH is 1. The molecule has 0 radical (unpaired) electrons. The normalized spacial score (nSPS) is 28.7. The number of hydrogen-bond acceptors (Lipinski definition) is 7. The monoisotopic (exact) mass is 715 g/mol. The fraction of sp³-hybridized carbons (Fsp3) is 0.611. The number of alkyl halides is 1. The third-order valence-corrected chi connectivity index (χ3v) is 10.9. The Morgan fingerprint density at radius 2 is 1.87 bits per heavy atom. The van der Waals surface area contributed by atoms with Crippen molar-refractivity contribution in [1.82, 2.24) is 15.1 Å². The van der Waals surface area contributed by atoms with Crippen LogP contribution in [0.2, 0.25) is 0 Å². The molecule has 1 aromatic rings. The number of amides is 3. The Labute approximate surface area is 287 Å². The van der Waals surface area contributed by atoms with Crippen molar-refractivity contribution in [1.29, 1.82) is 0 Å². The average molecular weight is 717 g/mol. The van der Waals surface area contributed by atoms with Gasteiger partial charge in [0.05, 0.1) is 36.6 Å². The lowest BCUT2D eigenvalue weighted by atomic mass is 9.70. The molecular weight excluding hydrogens is 666 g/mol. The van der Waals surface area contributed by atoms with Gasteiger partial charge in [-0.25, -0.2) is 0 Å². The molecule has 47 heavy (non-hydrogen) atoms. The number of halogens is 1. The summed E-state index contributed by atoms with van der Waals surface area (Å²) in [4.78, 5) is 59.1. The zero-order chi connectivity index (χ0) is 34.6. The number of carbonyl (C=O) groups excluding carboxylic acids is 4. The van der Waals surface area contributed by atoms with Gasteiger partial charge in [-0.1, -0.05) is 78.7 Å². The first kappa shape index (κ1) is 36.8. The number of hydrogen-bond donors (Lipinski definition) is 2. The molecule has 0 saturated carbocycles. The minimum atomic E-state index is -1.31. The van der Waals surface area contributed by atoms with E-state index < -0.39 is 59.6 Å². The maximum absolute atomic E-state index is 14.7. The number of allylic oxidation sites excluding steroid dienone is 1. The van der Waals surface area contributed by atoms with Crippen molar-refractivity contribution in [2.75, 3.05) is 13.2 Å². The topological polar surface area (TPSA) is 125 Å². The summed E-state index contributed by atoms with van der Waals surface area (Å²) in [6, 6.07) is 6.67. The first-order chi connectivity index (χ1) is 22.4. The third-order valence-electron chi connectivity index (χ3n) is 10.1. The van der Waals surface area contributed by atoms with E-state index in [9.17, 15) is 24.3 Å². The maximum Gasteiger partial charge on any atom is 0.313 e. The van der Waals surface area contributed by atoms with E-state index >= 15 is 0 Å². The van der Waals surface area contributed by atoms with E-state index in [1.165, 1.54) is 4.90 Å². The molecule has 3 saturated heterocycles. The van der Waals surface area contributed by atoms with E-state index in [2.05, 4.69) is 34.4 Å². The molecule has 3 amide bonds. The van der Waals surface area contributed by atoms with Gasteiger partial charge in [-0.3, -0.25) is 19.2 Å². The molecule has 11 heteroatoms. The number of fused-ring (bicyclic) bond motifs is 1. The van der Waals surface area contributed by atoms with Gasteiger partial charge in [0, 0.05) is 23.8 Å². The summed E-state index contributed by atoms with van der Waals surface area (Å²) in [6.45, 7) is 16.9. The summed E-state index contributed by atoms with van der Waals surface area (Å²) in [5.74, 6) is -3.66. The fourth-order valence-electron chi connectivity index (χ4n) is 7.58. The second-order valence-corrected chi connectivity index (χ2v) is 14.5. The first-order valence-electron chi connectivity index (χ1n) is 16.7. The Kier molecular flexibility index (Phi) is 12.1. The highest BCUT2D eigenvalue weighted by Gasteiger charge is 2.77.